The second-order valence-corrected chi connectivity index (χ2v) is 7.62. The lowest BCUT2D eigenvalue weighted by atomic mass is 10.1. The van der Waals surface area contributed by atoms with Gasteiger partial charge in [-0.1, -0.05) is 25.8 Å². The van der Waals surface area contributed by atoms with E-state index >= 15 is 0 Å². The van der Waals surface area contributed by atoms with E-state index in [2.05, 4.69) is 12.2 Å². The summed E-state index contributed by atoms with van der Waals surface area (Å²) in [6.07, 6.45) is 3.04. The summed E-state index contributed by atoms with van der Waals surface area (Å²) in [5.74, 6) is 0. The lowest BCUT2D eigenvalue weighted by molar-refractivity contribution is 0.454. The van der Waals surface area contributed by atoms with E-state index in [0.29, 0.717) is 18.0 Å². The molecular formula is C16H28N2O2S. The normalized spacial score (nSPS) is 12.1. The third-order valence-corrected chi connectivity index (χ3v) is 5.76. The van der Waals surface area contributed by atoms with Gasteiger partial charge in [0.05, 0.1) is 4.90 Å². The fourth-order valence-electron chi connectivity index (χ4n) is 2.41. The van der Waals surface area contributed by atoms with Gasteiger partial charge < -0.3 is 5.32 Å². The van der Waals surface area contributed by atoms with Crippen LogP contribution in [0, 0.1) is 13.8 Å². The molecule has 1 rings (SSSR count). The molecular weight excluding hydrogens is 284 g/mol. The predicted molar refractivity (Wildman–Crippen MR) is 88.0 cm³/mol. The molecule has 0 heterocycles. The summed E-state index contributed by atoms with van der Waals surface area (Å²) in [5, 5.41) is 3.09. The highest BCUT2D eigenvalue weighted by molar-refractivity contribution is 7.89. The number of unbranched alkanes of at least 4 members (excludes halogenated alkanes) is 2. The SMILES string of the molecule is CCCCCN(C)S(=O)(=O)c1cc(CNC)c(C)cc1C. The predicted octanol–water partition coefficient (Wildman–Crippen LogP) is 2.83. The van der Waals surface area contributed by atoms with Gasteiger partial charge in [-0.25, -0.2) is 12.7 Å². The smallest absolute Gasteiger partial charge is 0.243 e. The Bertz CT molecular complexity index is 568. The number of benzene rings is 1. The standard InChI is InChI=1S/C16H28N2O2S/c1-6-7-8-9-18(5)21(19,20)16-11-15(12-17-4)13(2)10-14(16)3/h10-11,17H,6-9,12H2,1-5H3. The van der Waals surface area contributed by atoms with E-state index < -0.39 is 10.0 Å². The van der Waals surface area contributed by atoms with E-state index in [1.165, 1.54) is 4.31 Å². The molecule has 4 nitrogen and oxygen atoms in total. The number of rotatable bonds is 8. The average Bonchev–Trinajstić information content (AvgIpc) is 2.41. The van der Waals surface area contributed by atoms with Gasteiger partial charge in [0.2, 0.25) is 10.0 Å². The molecule has 0 aliphatic carbocycles. The van der Waals surface area contributed by atoms with E-state index in [0.717, 1.165) is 36.0 Å². The third-order valence-electron chi connectivity index (χ3n) is 3.77. The van der Waals surface area contributed by atoms with Gasteiger partial charge in [-0.05, 0) is 50.1 Å². The number of nitrogens with zero attached hydrogens (tertiary/aromatic N) is 1. The van der Waals surface area contributed by atoms with Crippen LogP contribution in [-0.4, -0.2) is 33.4 Å². The van der Waals surface area contributed by atoms with E-state index in [-0.39, 0.29) is 0 Å². The van der Waals surface area contributed by atoms with Crippen LogP contribution in [0.4, 0.5) is 0 Å². The number of sulfonamides is 1. The largest absolute Gasteiger partial charge is 0.316 e. The summed E-state index contributed by atoms with van der Waals surface area (Å²) in [5.41, 5.74) is 2.97. The quantitative estimate of drug-likeness (QED) is 0.751. The van der Waals surface area contributed by atoms with Gasteiger partial charge in [0.1, 0.15) is 0 Å². The topological polar surface area (TPSA) is 49.4 Å². The maximum absolute atomic E-state index is 12.7. The summed E-state index contributed by atoms with van der Waals surface area (Å²) in [6, 6.07) is 3.77. The van der Waals surface area contributed by atoms with Gasteiger partial charge in [0.25, 0.3) is 0 Å². The van der Waals surface area contributed by atoms with Crippen molar-refractivity contribution in [1.29, 1.82) is 0 Å². The molecule has 0 unspecified atom stereocenters. The highest BCUT2D eigenvalue weighted by Gasteiger charge is 2.23. The second-order valence-electron chi connectivity index (χ2n) is 5.61. The lowest BCUT2D eigenvalue weighted by Crippen LogP contribution is -2.28. The molecule has 1 aromatic carbocycles. The van der Waals surface area contributed by atoms with Gasteiger partial charge in [0.15, 0.2) is 0 Å². The Morgan fingerprint density at radius 2 is 1.81 bits per heavy atom. The highest BCUT2D eigenvalue weighted by Crippen LogP contribution is 2.23. The Balaban J connectivity index is 3.09. The Morgan fingerprint density at radius 3 is 2.38 bits per heavy atom. The van der Waals surface area contributed by atoms with E-state index in [1.54, 1.807) is 7.05 Å². The molecule has 21 heavy (non-hydrogen) atoms. The number of hydrogen-bond acceptors (Lipinski definition) is 3. The molecule has 0 radical (unpaired) electrons. The van der Waals surface area contributed by atoms with E-state index in [9.17, 15) is 8.42 Å². The molecule has 0 spiro atoms. The summed E-state index contributed by atoms with van der Waals surface area (Å²) in [6.45, 7) is 7.24. The minimum Gasteiger partial charge on any atom is -0.316 e. The van der Waals surface area contributed by atoms with Crippen LogP contribution in [0.3, 0.4) is 0 Å². The molecule has 0 bridgehead atoms. The summed E-state index contributed by atoms with van der Waals surface area (Å²) in [4.78, 5) is 0.428. The van der Waals surface area contributed by atoms with Gasteiger partial charge >= 0.3 is 0 Å². The van der Waals surface area contributed by atoms with Crippen molar-refractivity contribution in [2.75, 3.05) is 20.6 Å². The van der Waals surface area contributed by atoms with E-state index in [4.69, 9.17) is 0 Å². The minimum absolute atomic E-state index is 0.428. The zero-order valence-electron chi connectivity index (χ0n) is 13.9. The Kier molecular flexibility index (Phi) is 6.84. The number of nitrogens with one attached hydrogen (secondary N) is 1. The molecule has 0 fully saturated rings. The fourth-order valence-corrected chi connectivity index (χ4v) is 3.87. The molecule has 0 aliphatic heterocycles. The van der Waals surface area contributed by atoms with Crippen molar-refractivity contribution in [1.82, 2.24) is 9.62 Å². The summed E-state index contributed by atoms with van der Waals surface area (Å²) < 4.78 is 26.9. The lowest BCUT2D eigenvalue weighted by Gasteiger charge is -2.20. The minimum atomic E-state index is -3.40. The van der Waals surface area contributed by atoms with Crippen LogP contribution in [0.15, 0.2) is 17.0 Å². The van der Waals surface area contributed by atoms with Gasteiger partial charge in [-0.2, -0.15) is 0 Å². The average molecular weight is 312 g/mol. The van der Waals surface area contributed by atoms with Crippen LogP contribution in [0.1, 0.15) is 42.9 Å². The van der Waals surface area contributed by atoms with Gasteiger partial charge in [-0.15, -0.1) is 0 Å². The fraction of sp³-hybridized carbons (Fsp3) is 0.625. The molecule has 120 valence electrons. The zero-order valence-corrected chi connectivity index (χ0v) is 14.7. The first-order chi connectivity index (χ1) is 9.84. The Morgan fingerprint density at radius 1 is 1.14 bits per heavy atom. The van der Waals surface area contributed by atoms with E-state index in [1.807, 2.05) is 33.0 Å². The van der Waals surface area contributed by atoms with Gasteiger partial charge in [0, 0.05) is 20.1 Å². The molecule has 0 saturated carbocycles. The van der Waals surface area contributed by atoms with Crippen molar-refractivity contribution in [3.63, 3.8) is 0 Å². The first-order valence-electron chi connectivity index (χ1n) is 7.55. The van der Waals surface area contributed by atoms with Gasteiger partial charge in [-0.3, -0.25) is 0 Å². The Hall–Kier alpha value is -0.910. The van der Waals surface area contributed by atoms with Crippen molar-refractivity contribution in [2.24, 2.45) is 0 Å². The monoisotopic (exact) mass is 312 g/mol. The molecule has 1 N–H and O–H groups in total. The summed E-state index contributed by atoms with van der Waals surface area (Å²) >= 11 is 0. The first-order valence-corrected chi connectivity index (χ1v) is 8.99. The van der Waals surface area contributed by atoms with Crippen LogP contribution in [0.2, 0.25) is 0 Å². The van der Waals surface area contributed by atoms with Crippen LogP contribution in [-0.2, 0) is 16.6 Å². The highest BCUT2D eigenvalue weighted by atomic mass is 32.2. The molecule has 0 atom stereocenters. The van der Waals surface area contributed by atoms with Crippen molar-refractivity contribution in [3.05, 3.63) is 28.8 Å². The zero-order chi connectivity index (χ0) is 16.0. The molecule has 1 aromatic rings. The van der Waals surface area contributed by atoms with Crippen molar-refractivity contribution in [2.45, 2.75) is 51.5 Å². The van der Waals surface area contributed by atoms with Crippen LogP contribution < -0.4 is 5.32 Å². The van der Waals surface area contributed by atoms with Crippen LogP contribution >= 0.6 is 0 Å². The first kappa shape index (κ1) is 18.1. The van der Waals surface area contributed by atoms with Crippen molar-refractivity contribution in [3.8, 4) is 0 Å². The number of hydrogen-bond donors (Lipinski definition) is 1. The molecule has 0 saturated heterocycles. The Labute approximate surface area is 129 Å². The third kappa shape index (κ3) is 4.53. The van der Waals surface area contributed by atoms with Crippen molar-refractivity contribution < 1.29 is 8.42 Å². The molecule has 5 heteroatoms. The molecule has 0 amide bonds. The van der Waals surface area contributed by atoms with Crippen LogP contribution in [0.5, 0.6) is 0 Å². The summed E-state index contributed by atoms with van der Waals surface area (Å²) in [7, 11) is 0.132. The molecule has 0 aromatic heterocycles. The maximum atomic E-state index is 12.7. The van der Waals surface area contributed by atoms with Crippen LogP contribution in [0.25, 0.3) is 0 Å². The second kappa shape index (κ2) is 7.92. The number of aryl methyl sites for hydroxylation is 2. The maximum Gasteiger partial charge on any atom is 0.243 e. The molecule has 0 aliphatic rings. The van der Waals surface area contributed by atoms with Crippen molar-refractivity contribution >= 4 is 10.0 Å².